The Kier molecular flexibility index (Phi) is 5.67. The van der Waals surface area contributed by atoms with Gasteiger partial charge in [0.1, 0.15) is 5.75 Å². The maximum atomic E-state index is 5.91. The van der Waals surface area contributed by atoms with Gasteiger partial charge in [0.15, 0.2) is 0 Å². The highest BCUT2D eigenvalue weighted by Crippen LogP contribution is 2.34. The number of rotatable bonds is 7. The number of fused-ring (bicyclic) bond motifs is 1. The number of aryl methyl sites for hydroxylation is 1. The van der Waals surface area contributed by atoms with Crippen LogP contribution in [-0.2, 0) is 11.2 Å². The van der Waals surface area contributed by atoms with Crippen molar-refractivity contribution in [2.75, 3.05) is 26.9 Å². The number of nitrogens with one attached hydrogen (secondary N) is 1. The molecule has 1 aromatic rings. The Morgan fingerprint density at radius 2 is 2.32 bits per heavy atom. The minimum absolute atomic E-state index is 0.327. The molecule has 0 spiro atoms. The van der Waals surface area contributed by atoms with Gasteiger partial charge in [0, 0.05) is 25.3 Å². The van der Waals surface area contributed by atoms with Gasteiger partial charge in [-0.3, -0.25) is 0 Å². The molecule has 0 aromatic heterocycles. The van der Waals surface area contributed by atoms with E-state index < -0.39 is 0 Å². The normalized spacial score (nSPS) is 15.7. The van der Waals surface area contributed by atoms with Gasteiger partial charge in [-0.25, -0.2) is 0 Å². The van der Waals surface area contributed by atoms with Crippen LogP contribution in [0.1, 0.15) is 43.4 Å². The minimum Gasteiger partial charge on any atom is -0.493 e. The van der Waals surface area contributed by atoms with E-state index in [2.05, 4.69) is 30.4 Å². The zero-order chi connectivity index (χ0) is 13.5. The van der Waals surface area contributed by atoms with Crippen molar-refractivity contribution in [1.29, 1.82) is 0 Å². The van der Waals surface area contributed by atoms with Crippen LogP contribution in [0.4, 0.5) is 0 Å². The van der Waals surface area contributed by atoms with E-state index in [4.69, 9.17) is 9.47 Å². The molecule has 0 amide bonds. The van der Waals surface area contributed by atoms with Crippen LogP contribution >= 0.6 is 0 Å². The summed E-state index contributed by atoms with van der Waals surface area (Å²) >= 11 is 0. The second-order valence-corrected chi connectivity index (χ2v) is 5.08. The van der Waals surface area contributed by atoms with E-state index in [9.17, 15) is 0 Å². The van der Waals surface area contributed by atoms with E-state index in [1.165, 1.54) is 11.1 Å². The molecule has 19 heavy (non-hydrogen) atoms. The summed E-state index contributed by atoms with van der Waals surface area (Å²) in [5.41, 5.74) is 2.65. The molecule has 0 saturated carbocycles. The fraction of sp³-hybridized carbons (Fsp3) is 0.625. The molecule has 0 aliphatic carbocycles. The molecule has 1 atom stereocenters. The molecule has 0 bridgehead atoms. The van der Waals surface area contributed by atoms with E-state index in [0.29, 0.717) is 6.04 Å². The largest absolute Gasteiger partial charge is 0.493 e. The van der Waals surface area contributed by atoms with Gasteiger partial charge in [-0.1, -0.05) is 25.1 Å². The predicted molar refractivity (Wildman–Crippen MR) is 77.8 cm³/mol. The van der Waals surface area contributed by atoms with Crippen molar-refractivity contribution in [3.05, 3.63) is 29.3 Å². The summed E-state index contributed by atoms with van der Waals surface area (Å²) in [4.78, 5) is 0. The van der Waals surface area contributed by atoms with Crippen molar-refractivity contribution in [1.82, 2.24) is 5.32 Å². The van der Waals surface area contributed by atoms with Crippen LogP contribution in [-0.4, -0.2) is 26.9 Å². The van der Waals surface area contributed by atoms with Gasteiger partial charge in [-0.05, 0) is 37.8 Å². The zero-order valence-electron chi connectivity index (χ0n) is 12.1. The molecular weight excluding hydrogens is 238 g/mol. The Labute approximate surface area is 116 Å². The molecule has 1 aliphatic rings. The molecule has 1 aliphatic heterocycles. The zero-order valence-corrected chi connectivity index (χ0v) is 12.1. The Bertz CT molecular complexity index is 384. The van der Waals surface area contributed by atoms with Crippen LogP contribution < -0.4 is 10.1 Å². The summed E-state index contributed by atoms with van der Waals surface area (Å²) in [6.07, 6.45) is 4.38. The third-order valence-electron chi connectivity index (χ3n) is 3.59. The average Bonchev–Trinajstić information content (AvgIpc) is 2.47. The van der Waals surface area contributed by atoms with E-state index in [-0.39, 0.29) is 0 Å². The molecular formula is C16H25NO2. The number of ether oxygens (including phenoxy) is 2. The minimum atomic E-state index is 0.327. The van der Waals surface area contributed by atoms with E-state index in [0.717, 1.165) is 51.2 Å². The first kappa shape index (κ1) is 14.4. The maximum Gasteiger partial charge on any atom is 0.127 e. The number of para-hydroxylation sites is 1. The van der Waals surface area contributed by atoms with Gasteiger partial charge in [0.2, 0.25) is 0 Å². The van der Waals surface area contributed by atoms with Crippen molar-refractivity contribution in [3.8, 4) is 5.75 Å². The third-order valence-corrected chi connectivity index (χ3v) is 3.59. The first-order valence-corrected chi connectivity index (χ1v) is 7.33. The number of hydrogen-bond donors (Lipinski definition) is 1. The topological polar surface area (TPSA) is 30.5 Å². The van der Waals surface area contributed by atoms with Crippen LogP contribution in [0.25, 0.3) is 0 Å². The van der Waals surface area contributed by atoms with Crippen molar-refractivity contribution >= 4 is 0 Å². The van der Waals surface area contributed by atoms with Gasteiger partial charge in [-0.2, -0.15) is 0 Å². The molecule has 1 aromatic carbocycles. The van der Waals surface area contributed by atoms with Crippen molar-refractivity contribution in [2.24, 2.45) is 0 Å². The average molecular weight is 263 g/mol. The first-order valence-electron chi connectivity index (χ1n) is 7.33. The Morgan fingerprint density at radius 3 is 3.11 bits per heavy atom. The van der Waals surface area contributed by atoms with Gasteiger partial charge in [0.05, 0.1) is 6.61 Å². The Balaban J connectivity index is 2.19. The van der Waals surface area contributed by atoms with Gasteiger partial charge in [-0.15, -0.1) is 0 Å². The second-order valence-electron chi connectivity index (χ2n) is 5.08. The number of hydrogen-bond acceptors (Lipinski definition) is 3. The van der Waals surface area contributed by atoms with Crippen LogP contribution in [0.15, 0.2) is 18.2 Å². The second kappa shape index (κ2) is 7.51. The molecule has 1 N–H and O–H groups in total. The lowest BCUT2D eigenvalue weighted by Crippen LogP contribution is -2.25. The third kappa shape index (κ3) is 3.71. The fourth-order valence-corrected chi connectivity index (χ4v) is 2.61. The van der Waals surface area contributed by atoms with Crippen LogP contribution in [0.3, 0.4) is 0 Å². The predicted octanol–water partition coefficient (Wildman–Crippen LogP) is 3.09. The first-order chi connectivity index (χ1) is 9.36. The summed E-state index contributed by atoms with van der Waals surface area (Å²) < 4.78 is 11.2. The lowest BCUT2D eigenvalue weighted by Gasteiger charge is -2.26. The highest BCUT2D eigenvalue weighted by Gasteiger charge is 2.20. The highest BCUT2D eigenvalue weighted by atomic mass is 16.5. The Morgan fingerprint density at radius 1 is 1.42 bits per heavy atom. The van der Waals surface area contributed by atoms with Gasteiger partial charge in [0.25, 0.3) is 0 Å². The van der Waals surface area contributed by atoms with Crippen molar-refractivity contribution in [3.63, 3.8) is 0 Å². The number of methoxy groups -OCH3 is 1. The van der Waals surface area contributed by atoms with E-state index in [1.807, 2.05) is 0 Å². The lowest BCUT2D eigenvalue weighted by atomic mass is 9.96. The molecule has 3 nitrogen and oxygen atoms in total. The molecule has 1 heterocycles. The highest BCUT2D eigenvalue weighted by molar-refractivity contribution is 5.44. The summed E-state index contributed by atoms with van der Waals surface area (Å²) in [6.45, 7) is 4.83. The molecule has 106 valence electrons. The summed E-state index contributed by atoms with van der Waals surface area (Å²) in [6, 6.07) is 6.85. The molecule has 3 heteroatoms. The van der Waals surface area contributed by atoms with Crippen LogP contribution in [0.5, 0.6) is 5.75 Å². The van der Waals surface area contributed by atoms with E-state index in [1.54, 1.807) is 7.11 Å². The van der Waals surface area contributed by atoms with Crippen molar-refractivity contribution < 1.29 is 9.47 Å². The van der Waals surface area contributed by atoms with Gasteiger partial charge >= 0.3 is 0 Å². The summed E-state index contributed by atoms with van der Waals surface area (Å²) in [5, 5.41) is 3.61. The van der Waals surface area contributed by atoms with Gasteiger partial charge < -0.3 is 14.8 Å². The van der Waals surface area contributed by atoms with Crippen molar-refractivity contribution in [2.45, 2.75) is 38.6 Å². The fourth-order valence-electron chi connectivity index (χ4n) is 2.61. The SMILES string of the molecule is CCCNC(CCOC)c1cccc2c1OCCC2. The monoisotopic (exact) mass is 263 g/mol. The van der Waals surface area contributed by atoms with E-state index >= 15 is 0 Å². The standard InChI is InChI=1S/C16H25NO2/c1-3-10-17-15(9-12-18-2)14-8-4-6-13-7-5-11-19-16(13)14/h4,6,8,15,17H,3,5,7,9-12H2,1-2H3. The molecule has 2 rings (SSSR count). The molecule has 0 radical (unpaired) electrons. The van der Waals surface area contributed by atoms with Crippen LogP contribution in [0, 0.1) is 0 Å². The quantitative estimate of drug-likeness (QED) is 0.820. The smallest absolute Gasteiger partial charge is 0.127 e. The molecule has 0 saturated heterocycles. The summed E-state index contributed by atoms with van der Waals surface area (Å²) in [5.74, 6) is 1.11. The Hall–Kier alpha value is -1.06. The van der Waals surface area contributed by atoms with Crippen LogP contribution in [0.2, 0.25) is 0 Å². The molecule has 0 fully saturated rings. The maximum absolute atomic E-state index is 5.91. The lowest BCUT2D eigenvalue weighted by molar-refractivity contribution is 0.181. The number of benzene rings is 1. The summed E-state index contributed by atoms with van der Waals surface area (Å²) in [7, 11) is 1.76. The molecule has 1 unspecified atom stereocenters.